The molecule has 0 amide bonds. The zero-order valence-corrected chi connectivity index (χ0v) is 12.0. The van der Waals surface area contributed by atoms with Crippen LogP contribution in [-0.4, -0.2) is 18.2 Å². The van der Waals surface area contributed by atoms with Crippen molar-refractivity contribution in [1.82, 2.24) is 0 Å². The van der Waals surface area contributed by atoms with Crippen molar-refractivity contribution in [3.63, 3.8) is 0 Å². The Bertz CT molecular complexity index is 199. The molecule has 0 aliphatic carbocycles. The number of unbranched alkanes of at least 4 members (excludes halogenated alkanes) is 1. The van der Waals surface area contributed by atoms with E-state index in [2.05, 4.69) is 20.8 Å². The van der Waals surface area contributed by atoms with Crippen LogP contribution in [0.4, 0.5) is 0 Å². The predicted molar refractivity (Wildman–Crippen MR) is 74.1 cm³/mol. The summed E-state index contributed by atoms with van der Waals surface area (Å²) in [4.78, 5) is 0. The Labute approximate surface area is 107 Å². The smallest absolute Gasteiger partial charge is 0.0804 e. The molecule has 1 saturated heterocycles. The molecule has 0 aromatic carbocycles. The van der Waals surface area contributed by atoms with Crippen molar-refractivity contribution in [2.45, 2.75) is 83.8 Å². The summed E-state index contributed by atoms with van der Waals surface area (Å²) in [5.74, 6) is 0.785. The lowest BCUT2D eigenvalue weighted by atomic mass is 9.81. The molecule has 0 bridgehead atoms. The highest BCUT2D eigenvalue weighted by atomic mass is 16.5. The summed E-state index contributed by atoms with van der Waals surface area (Å²) < 4.78 is 5.95. The maximum Gasteiger partial charge on any atom is 0.0804 e. The summed E-state index contributed by atoms with van der Waals surface area (Å²) in [7, 11) is 0. The van der Waals surface area contributed by atoms with E-state index in [1.807, 2.05) is 0 Å². The van der Waals surface area contributed by atoms with E-state index in [1.54, 1.807) is 0 Å². The molecule has 17 heavy (non-hydrogen) atoms. The fraction of sp³-hybridized carbons (Fsp3) is 1.00. The van der Waals surface area contributed by atoms with Gasteiger partial charge in [0.1, 0.15) is 0 Å². The lowest BCUT2D eigenvalue weighted by Gasteiger charge is -2.40. The lowest BCUT2D eigenvalue weighted by molar-refractivity contribution is -0.0850. The fourth-order valence-electron chi connectivity index (χ4n) is 2.84. The Morgan fingerprint density at radius 3 is 2.59 bits per heavy atom. The van der Waals surface area contributed by atoms with Gasteiger partial charge in [-0.05, 0) is 38.5 Å². The van der Waals surface area contributed by atoms with Crippen molar-refractivity contribution in [2.24, 2.45) is 11.7 Å². The first-order valence-electron chi connectivity index (χ1n) is 7.52. The van der Waals surface area contributed by atoms with Gasteiger partial charge in [0.15, 0.2) is 0 Å². The minimum Gasteiger partial charge on any atom is -0.374 e. The molecule has 1 rings (SSSR count). The van der Waals surface area contributed by atoms with Crippen LogP contribution in [0.2, 0.25) is 0 Å². The van der Waals surface area contributed by atoms with Gasteiger partial charge in [0, 0.05) is 12.6 Å². The number of hydrogen-bond donors (Lipinski definition) is 1. The number of rotatable bonds is 7. The van der Waals surface area contributed by atoms with E-state index >= 15 is 0 Å². The van der Waals surface area contributed by atoms with E-state index in [-0.39, 0.29) is 11.6 Å². The highest BCUT2D eigenvalue weighted by Crippen LogP contribution is 2.31. The normalized spacial score (nSPS) is 28.9. The molecule has 0 aromatic rings. The van der Waals surface area contributed by atoms with Crippen LogP contribution in [-0.2, 0) is 4.74 Å². The summed E-state index contributed by atoms with van der Waals surface area (Å²) in [6.45, 7) is 7.66. The van der Waals surface area contributed by atoms with E-state index < -0.39 is 0 Å². The van der Waals surface area contributed by atoms with Crippen LogP contribution in [0, 0.1) is 5.92 Å². The molecule has 1 aliphatic rings. The number of hydrogen-bond acceptors (Lipinski definition) is 2. The van der Waals surface area contributed by atoms with Crippen LogP contribution in [0.1, 0.15) is 72.1 Å². The second-order valence-corrected chi connectivity index (χ2v) is 5.88. The average Bonchev–Trinajstić information content (AvgIpc) is 2.35. The highest BCUT2D eigenvalue weighted by molar-refractivity contribution is 4.90. The summed E-state index contributed by atoms with van der Waals surface area (Å²) in [5, 5.41) is 0. The Kier molecular flexibility index (Phi) is 6.50. The van der Waals surface area contributed by atoms with E-state index in [0.717, 1.165) is 25.4 Å². The van der Waals surface area contributed by atoms with Gasteiger partial charge in [-0.3, -0.25) is 0 Å². The second-order valence-electron chi connectivity index (χ2n) is 5.88. The van der Waals surface area contributed by atoms with Gasteiger partial charge in [0.25, 0.3) is 0 Å². The van der Waals surface area contributed by atoms with Crippen molar-refractivity contribution in [3.8, 4) is 0 Å². The number of nitrogens with two attached hydrogens (primary N) is 1. The molecule has 1 aliphatic heterocycles. The summed E-state index contributed by atoms with van der Waals surface area (Å²) in [6, 6.07) is 0.213. The summed E-state index contributed by atoms with van der Waals surface area (Å²) >= 11 is 0. The van der Waals surface area contributed by atoms with Crippen LogP contribution in [0.15, 0.2) is 0 Å². The zero-order chi connectivity index (χ0) is 12.7. The van der Waals surface area contributed by atoms with Crippen molar-refractivity contribution >= 4 is 0 Å². The molecule has 102 valence electrons. The van der Waals surface area contributed by atoms with E-state index in [4.69, 9.17) is 10.5 Å². The molecule has 3 atom stereocenters. The Hall–Kier alpha value is -0.0800. The lowest BCUT2D eigenvalue weighted by Crippen LogP contribution is -2.50. The Balaban J connectivity index is 2.41. The summed E-state index contributed by atoms with van der Waals surface area (Å²) in [6.07, 6.45) is 9.96. The summed E-state index contributed by atoms with van der Waals surface area (Å²) in [5.41, 5.74) is 6.35. The van der Waals surface area contributed by atoms with E-state index in [0.29, 0.717) is 0 Å². The van der Waals surface area contributed by atoms with Gasteiger partial charge in [-0.25, -0.2) is 0 Å². The molecule has 1 heterocycles. The van der Waals surface area contributed by atoms with Crippen molar-refractivity contribution < 1.29 is 4.74 Å². The first-order chi connectivity index (χ1) is 8.12. The van der Waals surface area contributed by atoms with E-state index in [9.17, 15) is 0 Å². The third-order valence-electron chi connectivity index (χ3n) is 4.41. The van der Waals surface area contributed by atoms with Crippen molar-refractivity contribution in [3.05, 3.63) is 0 Å². The van der Waals surface area contributed by atoms with Crippen molar-refractivity contribution in [1.29, 1.82) is 0 Å². The van der Waals surface area contributed by atoms with Gasteiger partial charge in [0.05, 0.1) is 5.60 Å². The van der Waals surface area contributed by atoms with Crippen LogP contribution in [0.25, 0.3) is 0 Å². The topological polar surface area (TPSA) is 35.2 Å². The Morgan fingerprint density at radius 2 is 2.06 bits per heavy atom. The maximum atomic E-state index is 6.41. The van der Waals surface area contributed by atoms with Crippen LogP contribution >= 0.6 is 0 Å². The monoisotopic (exact) mass is 241 g/mol. The molecule has 0 spiro atoms. The van der Waals surface area contributed by atoms with Crippen molar-refractivity contribution in [2.75, 3.05) is 6.61 Å². The van der Waals surface area contributed by atoms with Gasteiger partial charge in [-0.1, -0.05) is 39.5 Å². The Morgan fingerprint density at radius 1 is 1.29 bits per heavy atom. The second kappa shape index (κ2) is 7.38. The minimum absolute atomic E-state index is 0.0577. The SMILES string of the molecule is CCCCC(CC)CC(N)C1(C)CCCCO1. The van der Waals surface area contributed by atoms with Gasteiger partial charge < -0.3 is 10.5 Å². The quantitative estimate of drug-likeness (QED) is 0.734. The molecular weight excluding hydrogens is 210 g/mol. The minimum atomic E-state index is -0.0577. The molecule has 1 fully saturated rings. The van der Waals surface area contributed by atoms with Gasteiger partial charge in [0.2, 0.25) is 0 Å². The maximum absolute atomic E-state index is 6.41. The molecule has 2 N–H and O–H groups in total. The molecule has 2 heteroatoms. The first-order valence-corrected chi connectivity index (χ1v) is 7.52. The molecule has 0 radical (unpaired) electrons. The highest BCUT2D eigenvalue weighted by Gasteiger charge is 2.35. The largest absolute Gasteiger partial charge is 0.374 e. The molecular formula is C15H31NO. The van der Waals surface area contributed by atoms with Crippen LogP contribution in [0.5, 0.6) is 0 Å². The average molecular weight is 241 g/mol. The number of ether oxygens (including phenoxy) is 1. The standard InChI is InChI=1S/C15H31NO/c1-4-6-9-13(5-2)12-14(16)15(3)10-7-8-11-17-15/h13-14H,4-12,16H2,1-3H3. The third-order valence-corrected chi connectivity index (χ3v) is 4.41. The predicted octanol–water partition coefficient (Wildman–Crippen LogP) is 3.88. The molecule has 0 aromatic heterocycles. The molecule has 0 saturated carbocycles. The first kappa shape index (κ1) is 15.0. The van der Waals surface area contributed by atoms with Gasteiger partial charge >= 0.3 is 0 Å². The molecule has 3 unspecified atom stereocenters. The van der Waals surface area contributed by atoms with Crippen LogP contribution < -0.4 is 5.73 Å². The van der Waals surface area contributed by atoms with E-state index in [1.165, 1.54) is 38.5 Å². The third kappa shape index (κ3) is 4.59. The van der Waals surface area contributed by atoms with Crippen LogP contribution in [0.3, 0.4) is 0 Å². The van der Waals surface area contributed by atoms with Gasteiger partial charge in [-0.15, -0.1) is 0 Å². The zero-order valence-electron chi connectivity index (χ0n) is 12.0. The van der Waals surface area contributed by atoms with Gasteiger partial charge in [-0.2, -0.15) is 0 Å². The fourth-order valence-corrected chi connectivity index (χ4v) is 2.84. The molecule has 2 nitrogen and oxygen atoms in total.